The van der Waals surface area contributed by atoms with E-state index >= 15 is 0 Å². The molecular weight excluding hydrogens is 375 g/mol. The fourth-order valence-corrected chi connectivity index (χ4v) is 2.13. The number of hydrogen-bond donors (Lipinski definition) is 2. The van der Waals surface area contributed by atoms with Gasteiger partial charge >= 0.3 is 11.8 Å². The van der Waals surface area contributed by atoms with E-state index in [1.165, 1.54) is 0 Å². The van der Waals surface area contributed by atoms with E-state index in [9.17, 15) is 9.59 Å². The van der Waals surface area contributed by atoms with Gasteiger partial charge in [0.2, 0.25) is 0 Å². The standard InChI is InChI=1S/C18H16Cl2N4O2/c1-11(13-3-7-15(19)8-4-13)21-23-17(25)18(26)24-22-12(2)14-5-9-16(20)10-6-14/h3-10H,1-2H3,(H,23,25)(H,24,26). The summed E-state index contributed by atoms with van der Waals surface area (Å²) < 4.78 is 0. The molecule has 0 bridgehead atoms. The predicted octanol–water partition coefficient (Wildman–Crippen LogP) is 3.37. The van der Waals surface area contributed by atoms with Gasteiger partial charge in [-0.25, -0.2) is 10.9 Å². The molecule has 2 amide bonds. The van der Waals surface area contributed by atoms with Gasteiger partial charge in [-0.15, -0.1) is 0 Å². The molecule has 8 heteroatoms. The molecule has 26 heavy (non-hydrogen) atoms. The van der Waals surface area contributed by atoms with Crippen molar-refractivity contribution in [1.29, 1.82) is 0 Å². The summed E-state index contributed by atoms with van der Waals surface area (Å²) in [5.74, 6) is -1.85. The number of rotatable bonds is 4. The van der Waals surface area contributed by atoms with E-state index in [1.807, 2.05) is 0 Å². The zero-order chi connectivity index (χ0) is 19.1. The SMILES string of the molecule is CC(=NNC(=O)C(=O)NN=C(C)c1ccc(Cl)cc1)c1ccc(Cl)cc1. The Balaban J connectivity index is 1.93. The third-order valence-corrected chi connectivity index (χ3v) is 3.88. The lowest BCUT2D eigenvalue weighted by atomic mass is 10.1. The second-order valence-electron chi connectivity index (χ2n) is 5.29. The van der Waals surface area contributed by atoms with E-state index in [1.54, 1.807) is 62.4 Å². The summed E-state index contributed by atoms with van der Waals surface area (Å²) in [6, 6.07) is 13.9. The van der Waals surface area contributed by atoms with Crippen molar-refractivity contribution in [3.05, 3.63) is 69.7 Å². The summed E-state index contributed by atoms with van der Waals surface area (Å²) >= 11 is 11.6. The maximum atomic E-state index is 11.8. The quantitative estimate of drug-likeness (QED) is 0.476. The minimum atomic E-state index is -0.925. The molecule has 2 aromatic carbocycles. The van der Waals surface area contributed by atoms with Crippen LogP contribution >= 0.6 is 23.2 Å². The van der Waals surface area contributed by atoms with Crippen molar-refractivity contribution in [2.75, 3.05) is 0 Å². The van der Waals surface area contributed by atoms with Crippen LogP contribution in [0.5, 0.6) is 0 Å². The summed E-state index contributed by atoms with van der Waals surface area (Å²) in [5, 5.41) is 8.97. The van der Waals surface area contributed by atoms with E-state index in [4.69, 9.17) is 23.2 Å². The number of nitrogens with zero attached hydrogens (tertiary/aromatic N) is 2. The Morgan fingerprint density at radius 2 is 1.00 bits per heavy atom. The second-order valence-corrected chi connectivity index (χ2v) is 6.16. The Labute approximate surface area is 160 Å². The molecule has 0 saturated heterocycles. The van der Waals surface area contributed by atoms with Crippen LogP contribution in [0, 0.1) is 0 Å². The molecule has 0 aliphatic rings. The lowest BCUT2D eigenvalue weighted by Gasteiger charge is -2.04. The first-order valence-electron chi connectivity index (χ1n) is 7.57. The zero-order valence-electron chi connectivity index (χ0n) is 14.1. The number of amides is 2. The molecule has 2 rings (SSSR count). The molecule has 2 aromatic rings. The topological polar surface area (TPSA) is 82.9 Å². The maximum absolute atomic E-state index is 11.8. The number of carbonyl (C=O) groups is 2. The van der Waals surface area contributed by atoms with Gasteiger partial charge in [0.25, 0.3) is 0 Å². The van der Waals surface area contributed by atoms with Gasteiger partial charge in [-0.05, 0) is 49.2 Å². The number of nitrogens with one attached hydrogen (secondary N) is 2. The average molecular weight is 391 g/mol. The molecule has 0 aromatic heterocycles. The molecule has 0 aliphatic carbocycles. The molecule has 0 fully saturated rings. The van der Waals surface area contributed by atoms with Gasteiger partial charge in [-0.2, -0.15) is 10.2 Å². The maximum Gasteiger partial charge on any atom is 0.331 e. The Hall–Kier alpha value is -2.70. The van der Waals surface area contributed by atoms with Crippen molar-refractivity contribution >= 4 is 46.4 Å². The van der Waals surface area contributed by atoms with Gasteiger partial charge in [-0.1, -0.05) is 47.5 Å². The van der Waals surface area contributed by atoms with Gasteiger partial charge in [0.1, 0.15) is 0 Å². The van der Waals surface area contributed by atoms with Crippen LogP contribution in [0.2, 0.25) is 10.0 Å². The van der Waals surface area contributed by atoms with Gasteiger partial charge in [0, 0.05) is 10.0 Å². The third-order valence-electron chi connectivity index (χ3n) is 3.38. The molecule has 2 N–H and O–H groups in total. The second kappa shape index (κ2) is 9.12. The Bertz CT molecular complexity index is 786. The van der Waals surface area contributed by atoms with Crippen molar-refractivity contribution in [2.45, 2.75) is 13.8 Å². The third kappa shape index (κ3) is 5.68. The smallest absolute Gasteiger partial charge is 0.262 e. The molecule has 0 radical (unpaired) electrons. The highest BCUT2D eigenvalue weighted by molar-refractivity contribution is 6.35. The Kier molecular flexibility index (Phi) is 6.89. The molecule has 0 atom stereocenters. The molecule has 0 unspecified atom stereocenters. The summed E-state index contributed by atoms with van der Waals surface area (Å²) in [7, 11) is 0. The summed E-state index contributed by atoms with van der Waals surface area (Å²) in [6.07, 6.45) is 0. The van der Waals surface area contributed by atoms with Crippen LogP contribution in [-0.4, -0.2) is 23.2 Å². The first kappa shape index (κ1) is 19.6. The van der Waals surface area contributed by atoms with Crippen LogP contribution < -0.4 is 10.9 Å². The van der Waals surface area contributed by atoms with E-state index in [-0.39, 0.29) is 0 Å². The van der Waals surface area contributed by atoms with E-state index in [2.05, 4.69) is 21.1 Å². The highest BCUT2D eigenvalue weighted by atomic mass is 35.5. The largest absolute Gasteiger partial charge is 0.331 e. The Morgan fingerprint density at radius 3 is 1.31 bits per heavy atom. The van der Waals surface area contributed by atoms with Gasteiger partial charge < -0.3 is 0 Å². The fourth-order valence-electron chi connectivity index (χ4n) is 1.88. The van der Waals surface area contributed by atoms with Crippen LogP contribution in [0.4, 0.5) is 0 Å². The molecule has 0 aliphatic heterocycles. The monoisotopic (exact) mass is 390 g/mol. The van der Waals surface area contributed by atoms with E-state index < -0.39 is 11.8 Å². The molecule has 0 heterocycles. The molecule has 0 spiro atoms. The molecular formula is C18H16Cl2N4O2. The Morgan fingerprint density at radius 1 is 0.692 bits per heavy atom. The normalized spacial score (nSPS) is 11.8. The average Bonchev–Trinajstić information content (AvgIpc) is 2.64. The lowest BCUT2D eigenvalue weighted by Crippen LogP contribution is -2.36. The molecule has 134 valence electrons. The zero-order valence-corrected chi connectivity index (χ0v) is 15.6. The van der Waals surface area contributed by atoms with Crippen LogP contribution in [-0.2, 0) is 9.59 Å². The number of benzene rings is 2. The predicted molar refractivity (Wildman–Crippen MR) is 104 cm³/mol. The van der Waals surface area contributed by atoms with Crippen molar-refractivity contribution in [3.8, 4) is 0 Å². The van der Waals surface area contributed by atoms with Crippen molar-refractivity contribution in [3.63, 3.8) is 0 Å². The van der Waals surface area contributed by atoms with Crippen LogP contribution in [0.3, 0.4) is 0 Å². The number of halogens is 2. The van der Waals surface area contributed by atoms with Crippen LogP contribution in [0.25, 0.3) is 0 Å². The van der Waals surface area contributed by atoms with E-state index in [0.29, 0.717) is 21.5 Å². The summed E-state index contributed by atoms with van der Waals surface area (Å²) in [6.45, 7) is 3.40. The highest BCUT2D eigenvalue weighted by Crippen LogP contribution is 2.11. The van der Waals surface area contributed by atoms with Gasteiger partial charge in [0.05, 0.1) is 11.4 Å². The summed E-state index contributed by atoms with van der Waals surface area (Å²) in [4.78, 5) is 23.6. The first-order chi connectivity index (χ1) is 12.4. The fraction of sp³-hybridized carbons (Fsp3) is 0.111. The van der Waals surface area contributed by atoms with Crippen molar-refractivity contribution < 1.29 is 9.59 Å². The van der Waals surface area contributed by atoms with Gasteiger partial charge in [-0.3, -0.25) is 9.59 Å². The van der Waals surface area contributed by atoms with Crippen LogP contribution in [0.15, 0.2) is 58.7 Å². The van der Waals surface area contributed by atoms with Gasteiger partial charge in [0.15, 0.2) is 0 Å². The first-order valence-corrected chi connectivity index (χ1v) is 8.33. The van der Waals surface area contributed by atoms with E-state index in [0.717, 1.165) is 11.1 Å². The minimum Gasteiger partial charge on any atom is -0.262 e. The summed E-state index contributed by atoms with van der Waals surface area (Å²) in [5.41, 5.74) is 6.97. The minimum absolute atomic E-state index is 0.531. The number of hydrogen-bond acceptors (Lipinski definition) is 4. The van der Waals surface area contributed by atoms with Crippen molar-refractivity contribution in [1.82, 2.24) is 10.9 Å². The highest BCUT2D eigenvalue weighted by Gasteiger charge is 2.12. The number of hydrazone groups is 2. The molecule has 0 saturated carbocycles. The lowest BCUT2D eigenvalue weighted by molar-refractivity contribution is -0.139. The number of carbonyl (C=O) groups excluding carboxylic acids is 2. The van der Waals surface area contributed by atoms with Crippen molar-refractivity contribution in [2.24, 2.45) is 10.2 Å². The van der Waals surface area contributed by atoms with Crippen LogP contribution in [0.1, 0.15) is 25.0 Å². The molecule has 6 nitrogen and oxygen atoms in total.